The van der Waals surface area contributed by atoms with Crippen molar-refractivity contribution in [2.24, 2.45) is 0 Å². The molecule has 7 nitrogen and oxygen atoms in total. The fourth-order valence-corrected chi connectivity index (χ4v) is 4.08. The summed E-state index contributed by atoms with van der Waals surface area (Å²) < 4.78 is 5.38. The summed E-state index contributed by atoms with van der Waals surface area (Å²) in [5.41, 5.74) is 4.40. The van der Waals surface area contributed by atoms with Crippen molar-refractivity contribution in [2.45, 2.75) is 20.8 Å². The van der Waals surface area contributed by atoms with Crippen molar-refractivity contribution >= 4 is 40.5 Å². The maximum absolute atomic E-state index is 12.5. The highest BCUT2D eigenvalue weighted by atomic mass is 35.5. The van der Waals surface area contributed by atoms with Crippen LogP contribution in [0.3, 0.4) is 0 Å². The van der Waals surface area contributed by atoms with E-state index in [1.807, 2.05) is 57.2 Å². The van der Waals surface area contributed by atoms with Gasteiger partial charge in [0.15, 0.2) is 0 Å². The van der Waals surface area contributed by atoms with Gasteiger partial charge in [-0.05, 0) is 61.9 Å². The van der Waals surface area contributed by atoms with Crippen LogP contribution in [0, 0.1) is 13.8 Å². The van der Waals surface area contributed by atoms with Gasteiger partial charge in [0.2, 0.25) is 11.8 Å². The van der Waals surface area contributed by atoms with E-state index in [-0.39, 0.29) is 24.9 Å². The zero-order valence-corrected chi connectivity index (χ0v) is 19.7. The van der Waals surface area contributed by atoms with Gasteiger partial charge in [-0.25, -0.2) is 0 Å². The van der Waals surface area contributed by atoms with Gasteiger partial charge in [0.1, 0.15) is 0 Å². The van der Waals surface area contributed by atoms with Crippen LogP contribution in [-0.4, -0.2) is 62.7 Å². The molecule has 1 saturated heterocycles. The molecule has 0 aromatic heterocycles. The van der Waals surface area contributed by atoms with Gasteiger partial charge >= 0.3 is 0 Å². The zero-order chi connectivity index (χ0) is 23.1. The van der Waals surface area contributed by atoms with Gasteiger partial charge in [0, 0.05) is 24.5 Å². The van der Waals surface area contributed by atoms with E-state index in [4.69, 9.17) is 16.3 Å². The van der Waals surface area contributed by atoms with Gasteiger partial charge in [0.25, 0.3) is 0 Å². The van der Waals surface area contributed by atoms with Gasteiger partial charge in [-0.15, -0.1) is 0 Å². The van der Waals surface area contributed by atoms with Crippen molar-refractivity contribution in [2.75, 3.05) is 61.5 Å². The summed E-state index contributed by atoms with van der Waals surface area (Å²) >= 11 is 6.28. The fraction of sp³-hybridized carbons (Fsp3) is 0.417. The van der Waals surface area contributed by atoms with Crippen molar-refractivity contribution < 1.29 is 14.3 Å². The molecule has 0 saturated carbocycles. The number of nitrogens with zero attached hydrogens (tertiary/aromatic N) is 2. The standard InChI is InChI=1S/C24H31ClN4O3/c1-4-28(16-23(31)27-24-18(3)13-17(2)14-21(24)25)15-22(30)26-19-5-7-20(8-6-19)29-9-11-32-12-10-29/h5-8,13-14H,4,9-12,15-16H2,1-3H3,(H,26,30)(H,27,31). The lowest BCUT2D eigenvalue weighted by atomic mass is 10.1. The van der Waals surface area contributed by atoms with Gasteiger partial charge in [-0.1, -0.05) is 24.6 Å². The third-order valence-electron chi connectivity index (χ3n) is 5.41. The Labute approximate surface area is 194 Å². The molecule has 0 spiro atoms. The summed E-state index contributed by atoms with van der Waals surface area (Å²) in [6.45, 7) is 9.77. The summed E-state index contributed by atoms with van der Waals surface area (Å²) in [7, 11) is 0. The first-order chi connectivity index (χ1) is 15.4. The smallest absolute Gasteiger partial charge is 0.238 e. The molecule has 172 valence electrons. The Morgan fingerprint density at radius 1 is 1.03 bits per heavy atom. The summed E-state index contributed by atoms with van der Waals surface area (Å²) in [6, 6.07) is 11.6. The molecule has 1 aliphatic heterocycles. The van der Waals surface area contributed by atoms with Crippen LogP contribution in [-0.2, 0) is 14.3 Å². The zero-order valence-electron chi connectivity index (χ0n) is 18.9. The molecule has 1 heterocycles. The molecular weight excluding hydrogens is 428 g/mol. The molecule has 2 aromatic rings. The second kappa shape index (κ2) is 11.3. The average Bonchev–Trinajstić information content (AvgIpc) is 2.77. The monoisotopic (exact) mass is 458 g/mol. The maximum atomic E-state index is 12.5. The predicted octanol–water partition coefficient (Wildman–Crippen LogP) is 3.69. The Morgan fingerprint density at radius 2 is 1.66 bits per heavy atom. The van der Waals surface area contributed by atoms with Gasteiger partial charge < -0.3 is 20.3 Å². The van der Waals surface area contributed by atoms with E-state index in [1.54, 1.807) is 4.90 Å². The fourth-order valence-electron chi connectivity index (χ4n) is 3.72. The minimum absolute atomic E-state index is 0.101. The van der Waals surface area contributed by atoms with Crippen molar-refractivity contribution in [3.8, 4) is 0 Å². The summed E-state index contributed by atoms with van der Waals surface area (Å²) in [6.07, 6.45) is 0. The Morgan fingerprint density at radius 3 is 2.25 bits per heavy atom. The lowest BCUT2D eigenvalue weighted by Crippen LogP contribution is -2.38. The predicted molar refractivity (Wildman–Crippen MR) is 130 cm³/mol. The van der Waals surface area contributed by atoms with E-state index in [1.165, 1.54) is 0 Å². The number of rotatable bonds is 8. The molecule has 2 amide bonds. The molecule has 0 aliphatic carbocycles. The SMILES string of the molecule is CCN(CC(=O)Nc1ccc(N2CCOCC2)cc1)CC(=O)Nc1c(C)cc(C)cc1Cl. The topological polar surface area (TPSA) is 73.9 Å². The van der Waals surface area contributed by atoms with Crippen LogP contribution in [0.5, 0.6) is 0 Å². The highest BCUT2D eigenvalue weighted by Gasteiger charge is 2.16. The third kappa shape index (κ3) is 6.69. The molecule has 8 heteroatoms. The van der Waals surface area contributed by atoms with E-state index in [0.717, 1.165) is 48.8 Å². The van der Waals surface area contributed by atoms with E-state index < -0.39 is 0 Å². The largest absolute Gasteiger partial charge is 0.378 e. The normalized spacial score (nSPS) is 13.8. The van der Waals surface area contributed by atoms with Crippen molar-refractivity contribution in [1.29, 1.82) is 0 Å². The molecule has 1 aliphatic rings. The molecule has 0 unspecified atom stereocenters. The van der Waals surface area contributed by atoms with E-state index >= 15 is 0 Å². The van der Waals surface area contributed by atoms with Crippen LogP contribution in [0.2, 0.25) is 5.02 Å². The van der Waals surface area contributed by atoms with Crippen LogP contribution in [0.15, 0.2) is 36.4 Å². The third-order valence-corrected chi connectivity index (χ3v) is 5.70. The van der Waals surface area contributed by atoms with Crippen LogP contribution < -0.4 is 15.5 Å². The highest BCUT2D eigenvalue weighted by molar-refractivity contribution is 6.34. The number of carbonyl (C=O) groups excluding carboxylic acids is 2. The molecule has 3 rings (SSSR count). The molecule has 0 atom stereocenters. The highest BCUT2D eigenvalue weighted by Crippen LogP contribution is 2.27. The Balaban J connectivity index is 1.51. The number of morpholine rings is 1. The average molecular weight is 459 g/mol. The second-order valence-electron chi connectivity index (χ2n) is 7.98. The minimum Gasteiger partial charge on any atom is -0.378 e. The maximum Gasteiger partial charge on any atom is 0.238 e. The Hall–Kier alpha value is -2.61. The Bertz CT molecular complexity index is 920. The molecule has 0 radical (unpaired) electrons. The van der Waals surface area contributed by atoms with Crippen molar-refractivity contribution in [3.05, 3.63) is 52.5 Å². The number of carbonyl (C=O) groups is 2. The number of amides is 2. The first kappa shape index (κ1) is 24.0. The van der Waals surface area contributed by atoms with E-state index in [0.29, 0.717) is 17.3 Å². The lowest BCUT2D eigenvalue weighted by Gasteiger charge is -2.29. The minimum atomic E-state index is -0.205. The molecule has 2 N–H and O–H groups in total. The number of hydrogen-bond donors (Lipinski definition) is 2. The van der Waals surface area contributed by atoms with Gasteiger partial charge in [-0.3, -0.25) is 14.5 Å². The second-order valence-corrected chi connectivity index (χ2v) is 8.39. The molecule has 32 heavy (non-hydrogen) atoms. The van der Waals surface area contributed by atoms with Crippen LogP contribution in [0.4, 0.5) is 17.1 Å². The van der Waals surface area contributed by atoms with E-state index in [2.05, 4.69) is 15.5 Å². The summed E-state index contributed by atoms with van der Waals surface area (Å²) in [4.78, 5) is 29.1. The summed E-state index contributed by atoms with van der Waals surface area (Å²) in [5, 5.41) is 6.29. The molecule has 1 fully saturated rings. The number of nitrogens with one attached hydrogen (secondary N) is 2. The Kier molecular flexibility index (Phi) is 8.50. The number of halogens is 1. The van der Waals surface area contributed by atoms with E-state index in [9.17, 15) is 9.59 Å². The number of aryl methyl sites for hydroxylation is 2. The molecule has 0 bridgehead atoms. The molecular formula is C24H31ClN4O3. The quantitative estimate of drug-likeness (QED) is 0.631. The number of likely N-dealkylation sites (N-methyl/N-ethyl adjacent to an activating group) is 1. The van der Waals surface area contributed by atoms with Crippen molar-refractivity contribution in [1.82, 2.24) is 4.90 Å². The number of anilines is 3. The van der Waals surface area contributed by atoms with Gasteiger partial charge in [0.05, 0.1) is 37.0 Å². The van der Waals surface area contributed by atoms with Crippen LogP contribution in [0.1, 0.15) is 18.1 Å². The van der Waals surface area contributed by atoms with Crippen LogP contribution >= 0.6 is 11.6 Å². The van der Waals surface area contributed by atoms with Crippen molar-refractivity contribution in [3.63, 3.8) is 0 Å². The van der Waals surface area contributed by atoms with Gasteiger partial charge in [-0.2, -0.15) is 0 Å². The first-order valence-corrected chi connectivity index (χ1v) is 11.2. The van der Waals surface area contributed by atoms with Crippen LogP contribution in [0.25, 0.3) is 0 Å². The lowest BCUT2D eigenvalue weighted by molar-refractivity contribution is -0.119. The number of benzene rings is 2. The number of ether oxygens (including phenoxy) is 1. The first-order valence-electron chi connectivity index (χ1n) is 10.9. The summed E-state index contributed by atoms with van der Waals surface area (Å²) in [5.74, 6) is -0.369. The number of hydrogen-bond acceptors (Lipinski definition) is 5. The molecule has 2 aromatic carbocycles.